The zero-order chi connectivity index (χ0) is 15.8. The molecule has 2 rings (SSSR count). The molecule has 21 heavy (non-hydrogen) atoms. The molecule has 1 N–H and O–H groups in total. The molecule has 1 unspecified atom stereocenters. The maximum atomic E-state index is 12.7. The Morgan fingerprint density at radius 2 is 1.86 bits per heavy atom. The van der Waals surface area contributed by atoms with Crippen LogP contribution in [0.5, 0.6) is 0 Å². The van der Waals surface area contributed by atoms with Gasteiger partial charge in [-0.05, 0) is 44.2 Å². The molecule has 114 valence electrons. The molecule has 0 bridgehead atoms. The van der Waals surface area contributed by atoms with Crippen molar-refractivity contribution in [2.75, 3.05) is 7.05 Å². The van der Waals surface area contributed by atoms with E-state index in [9.17, 15) is 13.2 Å². The fourth-order valence-electron chi connectivity index (χ4n) is 2.45. The molecule has 0 spiro atoms. The summed E-state index contributed by atoms with van der Waals surface area (Å²) in [5.41, 5.74) is 2.74. The van der Waals surface area contributed by atoms with Gasteiger partial charge >= 0.3 is 6.18 Å². The molecule has 0 aliphatic rings. The van der Waals surface area contributed by atoms with Gasteiger partial charge in [0, 0.05) is 18.3 Å². The molecule has 0 aliphatic carbocycles. The third-order valence-electron chi connectivity index (χ3n) is 3.78. The number of hydrogen-bond donors (Lipinski definition) is 1. The Bertz CT molecular complexity index is 644. The summed E-state index contributed by atoms with van der Waals surface area (Å²) in [5.74, 6) is 0. The van der Waals surface area contributed by atoms with E-state index >= 15 is 0 Å². The zero-order valence-corrected chi connectivity index (χ0v) is 12.4. The van der Waals surface area contributed by atoms with E-state index in [1.165, 1.54) is 12.1 Å². The van der Waals surface area contributed by atoms with Gasteiger partial charge in [-0.2, -0.15) is 18.3 Å². The number of aromatic nitrogens is 2. The molecule has 6 heteroatoms. The molecule has 0 aliphatic heterocycles. The fraction of sp³-hybridized carbons (Fsp3) is 0.400. The number of alkyl halides is 3. The number of hydrogen-bond acceptors (Lipinski definition) is 2. The highest BCUT2D eigenvalue weighted by Gasteiger charge is 2.31. The summed E-state index contributed by atoms with van der Waals surface area (Å²) in [6, 6.07) is 3.66. The minimum absolute atomic E-state index is 0.180. The Kier molecular flexibility index (Phi) is 4.09. The predicted molar refractivity (Wildman–Crippen MR) is 75.0 cm³/mol. The first-order chi connectivity index (χ1) is 9.75. The first kappa shape index (κ1) is 15.6. The highest BCUT2D eigenvalue weighted by Crippen LogP contribution is 2.33. The summed E-state index contributed by atoms with van der Waals surface area (Å²) in [5, 5.41) is 7.35. The molecule has 1 heterocycles. The van der Waals surface area contributed by atoms with Crippen LogP contribution in [0.3, 0.4) is 0 Å². The van der Waals surface area contributed by atoms with Crippen LogP contribution in [-0.4, -0.2) is 16.8 Å². The topological polar surface area (TPSA) is 29.9 Å². The van der Waals surface area contributed by atoms with Gasteiger partial charge in [0.1, 0.15) is 0 Å². The van der Waals surface area contributed by atoms with Crippen molar-refractivity contribution in [3.05, 3.63) is 52.3 Å². The van der Waals surface area contributed by atoms with Crippen molar-refractivity contribution in [3.8, 4) is 0 Å². The van der Waals surface area contributed by atoms with E-state index in [0.717, 1.165) is 22.9 Å². The van der Waals surface area contributed by atoms with E-state index in [1.807, 2.05) is 14.0 Å². The van der Waals surface area contributed by atoms with Gasteiger partial charge in [0.15, 0.2) is 0 Å². The number of nitrogens with one attached hydrogen (secondary N) is 1. The molecule has 0 amide bonds. The van der Waals surface area contributed by atoms with Crippen LogP contribution in [0.2, 0.25) is 0 Å². The van der Waals surface area contributed by atoms with Gasteiger partial charge in [-0.1, -0.05) is 6.07 Å². The molecule has 0 fully saturated rings. The maximum absolute atomic E-state index is 12.7. The van der Waals surface area contributed by atoms with Crippen molar-refractivity contribution in [2.24, 2.45) is 7.05 Å². The molecule has 2 aromatic rings. The number of rotatable bonds is 3. The number of halogens is 3. The second-order valence-electron chi connectivity index (χ2n) is 5.10. The van der Waals surface area contributed by atoms with Gasteiger partial charge in [-0.15, -0.1) is 0 Å². The molecule has 3 nitrogen and oxygen atoms in total. The van der Waals surface area contributed by atoms with Gasteiger partial charge in [0.25, 0.3) is 0 Å². The summed E-state index contributed by atoms with van der Waals surface area (Å²) < 4.78 is 40.0. The van der Waals surface area contributed by atoms with Crippen LogP contribution in [-0.2, 0) is 13.2 Å². The Morgan fingerprint density at radius 1 is 1.19 bits per heavy atom. The summed E-state index contributed by atoms with van der Waals surface area (Å²) in [6.45, 7) is 3.63. The zero-order valence-electron chi connectivity index (χ0n) is 12.4. The Morgan fingerprint density at radius 3 is 2.29 bits per heavy atom. The lowest BCUT2D eigenvalue weighted by Crippen LogP contribution is -2.20. The second kappa shape index (κ2) is 5.52. The normalized spacial score (nSPS) is 13.5. The average Bonchev–Trinajstić information content (AvgIpc) is 2.72. The largest absolute Gasteiger partial charge is 0.416 e. The number of nitrogens with zero attached hydrogens (tertiary/aromatic N) is 2. The van der Waals surface area contributed by atoms with Crippen LogP contribution in [0.4, 0.5) is 13.2 Å². The van der Waals surface area contributed by atoms with Gasteiger partial charge in [-0.25, -0.2) is 0 Å². The summed E-state index contributed by atoms with van der Waals surface area (Å²) in [6.07, 6.45) is -2.57. The van der Waals surface area contributed by atoms with Crippen LogP contribution in [0.15, 0.2) is 24.4 Å². The summed E-state index contributed by atoms with van der Waals surface area (Å²) >= 11 is 0. The lowest BCUT2D eigenvalue weighted by molar-refractivity contribution is -0.137. The molecule has 0 radical (unpaired) electrons. The third kappa shape index (κ3) is 2.95. The van der Waals surface area contributed by atoms with Gasteiger partial charge in [0.05, 0.1) is 17.8 Å². The van der Waals surface area contributed by atoms with E-state index in [-0.39, 0.29) is 6.04 Å². The fourth-order valence-corrected chi connectivity index (χ4v) is 2.45. The van der Waals surface area contributed by atoms with Crippen LogP contribution >= 0.6 is 0 Å². The van der Waals surface area contributed by atoms with Gasteiger partial charge in [0.2, 0.25) is 0 Å². The standard InChI is InChI=1S/C15H18F3N3/c1-9-7-11(15(16,17)18)5-6-12(9)14(19-3)13-8-20-21(4)10(13)2/h5-8,14,19H,1-4H3. The van der Waals surface area contributed by atoms with E-state index in [0.29, 0.717) is 5.56 Å². The Hall–Kier alpha value is -1.82. The number of aryl methyl sites for hydroxylation is 2. The van der Waals surface area contributed by atoms with Gasteiger partial charge in [-0.3, -0.25) is 4.68 Å². The summed E-state index contributed by atoms with van der Waals surface area (Å²) in [4.78, 5) is 0. The number of benzene rings is 1. The molecule has 1 aromatic heterocycles. The Balaban J connectivity index is 2.47. The highest BCUT2D eigenvalue weighted by atomic mass is 19.4. The van der Waals surface area contributed by atoms with Crippen molar-refractivity contribution < 1.29 is 13.2 Å². The van der Waals surface area contributed by atoms with Crippen LogP contribution in [0.25, 0.3) is 0 Å². The maximum Gasteiger partial charge on any atom is 0.416 e. The molecule has 1 atom stereocenters. The van der Waals surface area contributed by atoms with Crippen molar-refractivity contribution in [3.63, 3.8) is 0 Å². The van der Waals surface area contributed by atoms with Crippen molar-refractivity contribution in [1.82, 2.24) is 15.1 Å². The molecule has 0 saturated heterocycles. The Labute approximate surface area is 121 Å². The van der Waals surface area contributed by atoms with Crippen molar-refractivity contribution in [2.45, 2.75) is 26.1 Å². The van der Waals surface area contributed by atoms with Crippen LogP contribution in [0, 0.1) is 13.8 Å². The second-order valence-corrected chi connectivity index (χ2v) is 5.10. The third-order valence-corrected chi connectivity index (χ3v) is 3.78. The van der Waals surface area contributed by atoms with E-state index in [2.05, 4.69) is 10.4 Å². The lowest BCUT2D eigenvalue weighted by atomic mass is 9.94. The van der Waals surface area contributed by atoms with E-state index in [4.69, 9.17) is 0 Å². The predicted octanol–water partition coefficient (Wildman–Crippen LogP) is 3.36. The minimum Gasteiger partial charge on any atom is -0.309 e. The van der Waals surface area contributed by atoms with Gasteiger partial charge < -0.3 is 5.32 Å². The van der Waals surface area contributed by atoms with Crippen molar-refractivity contribution in [1.29, 1.82) is 0 Å². The molecule has 0 saturated carbocycles. The quantitative estimate of drug-likeness (QED) is 0.941. The van der Waals surface area contributed by atoms with E-state index < -0.39 is 11.7 Å². The molecular formula is C15H18F3N3. The highest BCUT2D eigenvalue weighted by molar-refractivity contribution is 5.40. The average molecular weight is 297 g/mol. The lowest BCUT2D eigenvalue weighted by Gasteiger charge is -2.20. The molecule has 1 aromatic carbocycles. The SMILES string of the molecule is CNC(c1ccc(C(F)(F)F)cc1C)c1cnn(C)c1C. The first-order valence-electron chi connectivity index (χ1n) is 6.59. The monoisotopic (exact) mass is 297 g/mol. The van der Waals surface area contributed by atoms with Crippen LogP contribution < -0.4 is 5.32 Å². The van der Waals surface area contributed by atoms with E-state index in [1.54, 1.807) is 24.9 Å². The smallest absolute Gasteiger partial charge is 0.309 e. The minimum atomic E-state index is -4.32. The first-order valence-corrected chi connectivity index (χ1v) is 6.59. The molecular weight excluding hydrogens is 279 g/mol. The van der Waals surface area contributed by atoms with Crippen molar-refractivity contribution >= 4 is 0 Å². The van der Waals surface area contributed by atoms with Crippen LogP contribution in [0.1, 0.15) is 34.0 Å². The summed E-state index contributed by atoms with van der Waals surface area (Å²) in [7, 11) is 3.62.